The molecule has 1 N–H and O–H groups in total. The summed E-state index contributed by atoms with van der Waals surface area (Å²) in [5.74, 6) is 3.46. The van der Waals surface area contributed by atoms with Crippen LogP contribution in [0, 0.1) is 0 Å². The second-order valence-corrected chi connectivity index (χ2v) is 5.82. The first kappa shape index (κ1) is 13.6. The summed E-state index contributed by atoms with van der Waals surface area (Å²) < 4.78 is 0. The first-order valence-electron chi connectivity index (χ1n) is 6.63. The number of nitrogens with zero attached hydrogens (tertiary/aromatic N) is 3. The zero-order valence-electron chi connectivity index (χ0n) is 11.2. The van der Waals surface area contributed by atoms with Crippen molar-refractivity contribution in [3.05, 3.63) is 18.1 Å². The molecule has 0 aliphatic carbocycles. The van der Waals surface area contributed by atoms with Gasteiger partial charge in [0.15, 0.2) is 0 Å². The highest BCUT2D eigenvalue weighted by molar-refractivity contribution is 7.99. The van der Waals surface area contributed by atoms with E-state index in [1.165, 1.54) is 17.9 Å². The number of anilines is 1. The predicted molar refractivity (Wildman–Crippen MR) is 78.2 cm³/mol. The molecule has 1 saturated heterocycles. The van der Waals surface area contributed by atoms with Crippen LogP contribution in [0.1, 0.15) is 25.5 Å². The van der Waals surface area contributed by atoms with Gasteiger partial charge in [-0.05, 0) is 25.1 Å². The molecule has 0 radical (unpaired) electrons. The Morgan fingerprint density at radius 1 is 1.44 bits per heavy atom. The summed E-state index contributed by atoms with van der Waals surface area (Å²) in [7, 11) is 2.12. The second-order valence-electron chi connectivity index (χ2n) is 4.67. The fourth-order valence-corrected chi connectivity index (χ4v) is 3.30. The summed E-state index contributed by atoms with van der Waals surface area (Å²) in [6.07, 6.45) is 6.18. The van der Waals surface area contributed by atoms with E-state index in [1.54, 1.807) is 0 Å². The molecule has 100 valence electrons. The summed E-state index contributed by atoms with van der Waals surface area (Å²) in [6, 6.07) is 0.619. The molecule has 5 heteroatoms. The van der Waals surface area contributed by atoms with Gasteiger partial charge in [0, 0.05) is 25.4 Å². The third kappa shape index (κ3) is 3.59. The average Bonchev–Trinajstić information content (AvgIpc) is 2.93. The lowest BCUT2D eigenvalue weighted by molar-refractivity contribution is 0.657. The zero-order valence-corrected chi connectivity index (χ0v) is 12.0. The van der Waals surface area contributed by atoms with Crippen LogP contribution in [0.4, 0.5) is 5.82 Å². The molecule has 1 unspecified atom stereocenters. The standard InChI is InChI=1S/C13H22N4S/c1-3-5-14-7-11-8-16-13(9-15-11)17(2)12-4-6-18-10-12/h8-9,12,14H,3-7,10H2,1-2H3. The van der Waals surface area contributed by atoms with E-state index >= 15 is 0 Å². The first-order valence-corrected chi connectivity index (χ1v) is 7.79. The van der Waals surface area contributed by atoms with Crippen LogP contribution in [0.5, 0.6) is 0 Å². The van der Waals surface area contributed by atoms with E-state index < -0.39 is 0 Å². The van der Waals surface area contributed by atoms with Gasteiger partial charge in [-0.2, -0.15) is 11.8 Å². The highest BCUT2D eigenvalue weighted by Crippen LogP contribution is 2.24. The van der Waals surface area contributed by atoms with Crippen LogP contribution in [0.25, 0.3) is 0 Å². The van der Waals surface area contributed by atoms with Crippen LogP contribution in [0.3, 0.4) is 0 Å². The largest absolute Gasteiger partial charge is 0.355 e. The van der Waals surface area contributed by atoms with Gasteiger partial charge in [0.1, 0.15) is 5.82 Å². The summed E-state index contributed by atoms with van der Waals surface area (Å²) in [5.41, 5.74) is 1.02. The molecule has 18 heavy (non-hydrogen) atoms. The van der Waals surface area contributed by atoms with Gasteiger partial charge in [0.05, 0.1) is 18.1 Å². The molecular weight excluding hydrogens is 244 g/mol. The Morgan fingerprint density at radius 3 is 2.94 bits per heavy atom. The molecule has 1 aromatic rings. The quantitative estimate of drug-likeness (QED) is 0.797. The van der Waals surface area contributed by atoms with Gasteiger partial charge in [-0.25, -0.2) is 4.98 Å². The van der Waals surface area contributed by atoms with Crippen molar-refractivity contribution in [2.24, 2.45) is 0 Å². The predicted octanol–water partition coefficient (Wildman–Crippen LogP) is 1.92. The SMILES string of the molecule is CCCNCc1cnc(N(C)C2CCSC2)cn1. The molecule has 0 bridgehead atoms. The van der Waals surface area contributed by atoms with E-state index in [4.69, 9.17) is 0 Å². The van der Waals surface area contributed by atoms with E-state index in [-0.39, 0.29) is 0 Å². The Morgan fingerprint density at radius 2 is 2.33 bits per heavy atom. The van der Waals surface area contributed by atoms with Gasteiger partial charge in [-0.3, -0.25) is 4.98 Å². The number of thioether (sulfide) groups is 1. The van der Waals surface area contributed by atoms with Crippen molar-refractivity contribution in [1.29, 1.82) is 0 Å². The van der Waals surface area contributed by atoms with Crippen molar-refractivity contribution in [2.75, 3.05) is 30.0 Å². The second kappa shape index (κ2) is 6.95. The van der Waals surface area contributed by atoms with E-state index in [0.717, 1.165) is 31.0 Å². The molecule has 1 atom stereocenters. The summed E-state index contributed by atoms with van der Waals surface area (Å²) in [6.45, 7) is 4.00. The van der Waals surface area contributed by atoms with Crippen molar-refractivity contribution in [2.45, 2.75) is 32.4 Å². The Labute approximate surface area is 114 Å². The van der Waals surface area contributed by atoms with E-state index in [9.17, 15) is 0 Å². The first-order chi connectivity index (χ1) is 8.81. The maximum atomic E-state index is 4.52. The van der Waals surface area contributed by atoms with Gasteiger partial charge in [-0.1, -0.05) is 6.92 Å². The van der Waals surface area contributed by atoms with E-state index in [1.807, 2.05) is 24.2 Å². The van der Waals surface area contributed by atoms with Gasteiger partial charge in [0.25, 0.3) is 0 Å². The molecule has 0 amide bonds. The van der Waals surface area contributed by atoms with Crippen molar-refractivity contribution < 1.29 is 0 Å². The van der Waals surface area contributed by atoms with Crippen LogP contribution >= 0.6 is 11.8 Å². The minimum Gasteiger partial charge on any atom is -0.355 e. The van der Waals surface area contributed by atoms with Crippen molar-refractivity contribution in [3.8, 4) is 0 Å². The lowest BCUT2D eigenvalue weighted by Crippen LogP contribution is -2.32. The number of rotatable bonds is 6. The zero-order chi connectivity index (χ0) is 12.8. The molecule has 4 nitrogen and oxygen atoms in total. The molecule has 1 aromatic heterocycles. The van der Waals surface area contributed by atoms with E-state index in [2.05, 4.69) is 34.2 Å². The van der Waals surface area contributed by atoms with Crippen LogP contribution in [-0.2, 0) is 6.54 Å². The van der Waals surface area contributed by atoms with Crippen LogP contribution in [-0.4, -0.2) is 41.1 Å². The third-order valence-electron chi connectivity index (χ3n) is 3.24. The number of hydrogen-bond donors (Lipinski definition) is 1. The molecule has 0 spiro atoms. The van der Waals surface area contributed by atoms with Gasteiger partial charge < -0.3 is 10.2 Å². The molecule has 1 fully saturated rings. The molecule has 2 rings (SSSR count). The number of aromatic nitrogens is 2. The van der Waals surface area contributed by atoms with Crippen molar-refractivity contribution >= 4 is 17.6 Å². The summed E-state index contributed by atoms with van der Waals surface area (Å²) >= 11 is 2.02. The van der Waals surface area contributed by atoms with Crippen molar-refractivity contribution in [1.82, 2.24) is 15.3 Å². The van der Waals surface area contributed by atoms with Crippen LogP contribution in [0.2, 0.25) is 0 Å². The fourth-order valence-electron chi connectivity index (χ4n) is 2.03. The maximum Gasteiger partial charge on any atom is 0.147 e. The lowest BCUT2D eigenvalue weighted by atomic mass is 10.2. The third-order valence-corrected chi connectivity index (χ3v) is 4.38. The Balaban J connectivity index is 1.89. The van der Waals surface area contributed by atoms with Crippen molar-refractivity contribution in [3.63, 3.8) is 0 Å². The van der Waals surface area contributed by atoms with Crippen LogP contribution < -0.4 is 10.2 Å². The summed E-state index contributed by atoms with van der Waals surface area (Å²) in [4.78, 5) is 11.2. The monoisotopic (exact) mass is 266 g/mol. The Kier molecular flexibility index (Phi) is 5.26. The minimum atomic E-state index is 0.619. The Hall–Kier alpha value is -0.810. The fraction of sp³-hybridized carbons (Fsp3) is 0.692. The molecular formula is C13H22N4S. The molecule has 1 aliphatic heterocycles. The molecule has 0 saturated carbocycles. The highest BCUT2D eigenvalue weighted by atomic mass is 32.2. The normalized spacial score (nSPS) is 19.1. The molecule has 1 aliphatic rings. The molecule has 0 aromatic carbocycles. The van der Waals surface area contributed by atoms with Gasteiger partial charge in [0.2, 0.25) is 0 Å². The smallest absolute Gasteiger partial charge is 0.147 e. The topological polar surface area (TPSA) is 41.1 Å². The van der Waals surface area contributed by atoms with Gasteiger partial charge in [-0.15, -0.1) is 0 Å². The lowest BCUT2D eigenvalue weighted by Gasteiger charge is -2.24. The molecule has 2 heterocycles. The van der Waals surface area contributed by atoms with Crippen LogP contribution in [0.15, 0.2) is 12.4 Å². The number of nitrogens with one attached hydrogen (secondary N) is 1. The maximum absolute atomic E-state index is 4.52. The van der Waals surface area contributed by atoms with Gasteiger partial charge >= 0.3 is 0 Å². The highest BCUT2D eigenvalue weighted by Gasteiger charge is 2.21. The average molecular weight is 266 g/mol. The Bertz CT molecular complexity index is 349. The summed E-state index contributed by atoms with van der Waals surface area (Å²) in [5, 5.41) is 3.34. The van der Waals surface area contributed by atoms with E-state index in [0.29, 0.717) is 6.04 Å². The minimum absolute atomic E-state index is 0.619. The number of hydrogen-bond acceptors (Lipinski definition) is 5.